The number of carbonyl (C=O) groups excluding carboxylic acids is 2. The smallest absolute Gasteiger partial charge is 0.407 e. The summed E-state index contributed by atoms with van der Waals surface area (Å²) in [5, 5.41) is 23.7. The van der Waals surface area contributed by atoms with Gasteiger partial charge >= 0.3 is 12.1 Å². The van der Waals surface area contributed by atoms with E-state index in [-0.39, 0.29) is 25.6 Å². The fourth-order valence-electron chi connectivity index (χ4n) is 5.07. The van der Waals surface area contributed by atoms with E-state index in [4.69, 9.17) is 9.84 Å². The Morgan fingerprint density at radius 2 is 1.59 bits per heavy atom. The number of hydrogen-bond donors (Lipinski definition) is 4. The first-order valence-corrected chi connectivity index (χ1v) is 11.7. The molecule has 4 rings (SSSR count). The molecule has 2 amide bonds. The molecule has 2 aromatic carbocycles. The van der Waals surface area contributed by atoms with Crippen LogP contribution in [0, 0.1) is 5.92 Å². The maximum Gasteiger partial charge on any atom is 0.407 e. The van der Waals surface area contributed by atoms with E-state index in [9.17, 15) is 19.5 Å². The Hall–Kier alpha value is -3.39. The van der Waals surface area contributed by atoms with Crippen LogP contribution in [0.1, 0.15) is 49.1 Å². The standard InChI is InChI=1S/C26H30N2O6/c29-14-13-23(25(31)32)27-24(30)20-11-5-6-12-22(20)28-26(33)34-15-21-18-9-3-1-7-16(18)17-8-2-4-10-19(17)21/h1-4,7-10,20-23,29H,5-6,11-15H2,(H,27,30)(H,28,33)(H,31,32)/t20?,22?,23-/m1/s1. The minimum atomic E-state index is -1.20. The maximum absolute atomic E-state index is 12.8. The number of fused-ring (bicyclic) bond motifs is 3. The Kier molecular flexibility index (Phi) is 7.47. The maximum atomic E-state index is 12.8. The zero-order chi connectivity index (χ0) is 24.1. The van der Waals surface area contributed by atoms with Crippen molar-refractivity contribution < 1.29 is 29.3 Å². The number of ether oxygens (including phenoxy) is 1. The lowest BCUT2D eigenvalue weighted by Gasteiger charge is -2.31. The van der Waals surface area contributed by atoms with Crippen molar-refractivity contribution in [2.75, 3.05) is 13.2 Å². The van der Waals surface area contributed by atoms with Crippen LogP contribution < -0.4 is 10.6 Å². The van der Waals surface area contributed by atoms with Crippen molar-refractivity contribution in [3.63, 3.8) is 0 Å². The van der Waals surface area contributed by atoms with Crippen LogP contribution in [0.3, 0.4) is 0 Å². The largest absolute Gasteiger partial charge is 0.480 e. The molecule has 2 aliphatic carbocycles. The summed E-state index contributed by atoms with van der Waals surface area (Å²) in [5.41, 5.74) is 4.53. The molecule has 2 unspecified atom stereocenters. The van der Waals surface area contributed by atoms with Gasteiger partial charge in [-0.05, 0) is 35.1 Å². The normalized spacial score (nSPS) is 20.0. The SMILES string of the molecule is O=C(NC1CCCCC1C(=O)N[C@H](CCO)C(=O)O)OCC1c2ccccc2-c2ccccc21. The van der Waals surface area contributed by atoms with E-state index in [1.54, 1.807) is 0 Å². The Morgan fingerprint density at radius 3 is 2.21 bits per heavy atom. The van der Waals surface area contributed by atoms with E-state index in [2.05, 4.69) is 22.8 Å². The molecule has 0 aliphatic heterocycles. The highest BCUT2D eigenvalue weighted by Crippen LogP contribution is 2.44. The zero-order valence-corrected chi connectivity index (χ0v) is 18.9. The molecule has 34 heavy (non-hydrogen) atoms. The number of aliphatic hydroxyl groups is 1. The summed E-state index contributed by atoms with van der Waals surface area (Å²) in [4.78, 5) is 36.8. The van der Waals surface area contributed by atoms with E-state index >= 15 is 0 Å². The molecule has 2 aromatic rings. The van der Waals surface area contributed by atoms with Gasteiger partial charge < -0.3 is 25.6 Å². The minimum Gasteiger partial charge on any atom is -0.480 e. The number of nitrogens with one attached hydrogen (secondary N) is 2. The third-order valence-electron chi connectivity index (χ3n) is 6.78. The zero-order valence-electron chi connectivity index (χ0n) is 18.9. The van der Waals surface area contributed by atoms with Crippen LogP contribution in [0.25, 0.3) is 11.1 Å². The lowest BCUT2D eigenvalue weighted by Crippen LogP contribution is -2.52. The van der Waals surface area contributed by atoms with E-state index in [1.165, 1.54) is 0 Å². The second-order valence-electron chi connectivity index (χ2n) is 8.88. The Morgan fingerprint density at radius 1 is 0.971 bits per heavy atom. The predicted molar refractivity (Wildman–Crippen MR) is 125 cm³/mol. The summed E-state index contributed by atoms with van der Waals surface area (Å²) in [5.74, 6) is -2.23. The monoisotopic (exact) mass is 466 g/mol. The fraction of sp³-hybridized carbons (Fsp3) is 0.423. The third kappa shape index (κ3) is 5.07. The van der Waals surface area contributed by atoms with E-state index in [0.29, 0.717) is 12.8 Å². The second kappa shape index (κ2) is 10.7. The highest BCUT2D eigenvalue weighted by molar-refractivity contribution is 5.86. The molecule has 8 heteroatoms. The molecular weight excluding hydrogens is 436 g/mol. The van der Waals surface area contributed by atoms with Gasteiger partial charge in [0.1, 0.15) is 12.6 Å². The molecule has 3 atom stereocenters. The molecule has 8 nitrogen and oxygen atoms in total. The molecule has 0 saturated heterocycles. The Labute approximate surface area is 198 Å². The number of hydrogen-bond acceptors (Lipinski definition) is 5. The molecule has 1 fully saturated rings. The van der Waals surface area contributed by atoms with Gasteiger partial charge in [0.2, 0.25) is 5.91 Å². The van der Waals surface area contributed by atoms with Crippen molar-refractivity contribution in [2.45, 2.75) is 50.1 Å². The van der Waals surface area contributed by atoms with Gasteiger partial charge in [-0.3, -0.25) is 4.79 Å². The van der Waals surface area contributed by atoms with Gasteiger partial charge in [-0.1, -0.05) is 61.4 Å². The van der Waals surface area contributed by atoms with Crippen LogP contribution in [-0.4, -0.2) is 53.5 Å². The lowest BCUT2D eigenvalue weighted by molar-refractivity contribution is -0.143. The van der Waals surface area contributed by atoms with Gasteiger partial charge in [0.25, 0.3) is 0 Å². The Balaban J connectivity index is 1.38. The second-order valence-corrected chi connectivity index (χ2v) is 8.88. The average molecular weight is 467 g/mol. The lowest BCUT2D eigenvalue weighted by atomic mass is 9.83. The van der Waals surface area contributed by atoms with Gasteiger partial charge in [0, 0.05) is 25.0 Å². The van der Waals surface area contributed by atoms with Gasteiger partial charge in [-0.25, -0.2) is 9.59 Å². The predicted octanol–water partition coefficient (Wildman–Crippen LogP) is 3.04. The topological polar surface area (TPSA) is 125 Å². The summed E-state index contributed by atoms with van der Waals surface area (Å²) in [6, 6.07) is 14.6. The third-order valence-corrected chi connectivity index (χ3v) is 6.78. The molecule has 0 heterocycles. The van der Waals surface area contributed by atoms with Gasteiger partial charge in [-0.2, -0.15) is 0 Å². The molecule has 1 saturated carbocycles. The number of alkyl carbamates (subject to hydrolysis) is 1. The van der Waals surface area contributed by atoms with E-state index < -0.39 is 36.0 Å². The average Bonchev–Trinajstić information content (AvgIpc) is 3.16. The van der Waals surface area contributed by atoms with Crippen LogP contribution in [0.4, 0.5) is 4.79 Å². The van der Waals surface area contributed by atoms with Crippen molar-refractivity contribution >= 4 is 18.0 Å². The van der Waals surface area contributed by atoms with Crippen molar-refractivity contribution in [2.24, 2.45) is 5.92 Å². The number of carbonyl (C=O) groups is 3. The molecule has 0 bridgehead atoms. The van der Waals surface area contributed by atoms with Crippen molar-refractivity contribution in [3.05, 3.63) is 59.7 Å². The summed E-state index contributed by atoms with van der Waals surface area (Å²) in [7, 11) is 0. The molecular formula is C26H30N2O6. The van der Waals surface area contributed by atoms with Crippen LogP contribution in [0.2, 0.25) is 0 Å². The number of aliphatic carboxylic acids is 1. The van der Waals surface area contributed by atoms with Crippen LogP contribution in [0.15, 0.2) is 48.5 Å². The van der Waals surface area contributed by atoms with Gasteiger partial charge in [0.15, 0.2) is 0 Å². The van der Waals surface area contributed by atoms with Crippen LogP contribution >= 0.6 is 0 Å². The first-order chi connectivity index (χ1) is 16.5. The molecule has 0 aromatic heterocycles. The summed E-state index contributed by atoms with van der Waals surface area (Å²) in [6.07, 6.45) is 2.18. The van der Waals surface area contributed by atoms with E-state index in [0.717, 1.165) is 35.1 Å². The number of carboxylic acids is 1. The Bertz CT molecular complexity index is 1010. The quantitative estimate of drug-likeness (QED) is 0.474. The first kappa shape index (κ1) is 23.8. The summed E-state index contributed by atoms with van der Waals surface area (Å²) < 4.78 is 5.62. The van der Waals surface area contributed by atoms with Crippen molar-refractivity contribution in [1.29, 1.82) is 0 Å². The number of amides is 2. The van der Waals surface area contributed by atoms with Gasteiger partial charge in [0.05, 0.1) is 5.92 Å². The van der Waals surface area contributed by atoms with Crippen LogP contribution in [0.5, 0.6) is 0 Å². The number of aliphatic hydroxyl groups excluding tert-OH is 1. The highest BCUT2D eigenvalue weighted by atomic mass is 16.5. The summed E-state index contributed by atoms with van der Waals surface area (Å²) >= 11 is 0. The van der Waals surface area contributed by atoms with Crippen LogP contribution in [-0.2, 0) is 14.3 Å². The number of benzene rings is 2. The number of carboxylic acid groups (broad SMARTS) is 1. The van der Waals surface area contributed by atoms with Crippen molar-refractivity contribution in [1.82, 2.24) is 10.6 Å². The molecule has 4 N–H and O–H groups in total. The molecule has 0 spiro atoms. The highest BCUT2D eigenvalue weighted by Gasteiger charge is 2.35. The van der Waals surface area contributed by atoms with Gasteiger partial charge in [-0.15, -0.1) is 0 Å². The van der Waals surface area contributed by atoms with E-state index in [1.807, 2.05) is 36.4 Å². The molecule has 2 aliphatic rings. The molecule has 0 radical (unpaired) electrons. The van der Waals surface area contributed by atoms with Crippen molar-refractivity contribution in [3.8, 4) is 11.1 Å². The fourth-order valence-corrected chi connectivity index (χ4v) is 5.07. The molecule has 180 valence electrons. The minimum absolute atomic E-state index is 0.0570. The summed E-state index contributed by atoms with van der Waals surface area (Å²) in [6.45, 7) is -0.162. The number of rotatable bonds is 8. The first-order valence-electron chi connectivity index (χ1n) is 11.7.